The minimum Gasteiger partial charge on any atom is -0.448 e. The minimum atomic E-state index is -1.20. The molecule has 0 saturated heterocycles. The van der Waals surface area contributed by atoms with Crippen LogP contribution in [0.25, 0.3) is 0 Å². The monoisotopic (exact) mass is 480 g/mol. The third-order valence-electron chi connectivity index (χ3n) is 5.80. The Morgan fingerprint density at radius 2 is 1.56 bits per heavy atom. The van der Waals surface area contributed by atoms with E-state index in [9.17, 15) is 19.2 Å². The number of amides is 1. The minimum absolute atomic E-state index is 0.0416. The molecule has 1 N–H and O–H groups in total. The number of ether oxygens (including phenoxy) is 1. The maximum Gasteiger partial charge on any atom is 0.361 e. The van der Waals surface area contributed by atoms with Crippen LogP contribution in [0, 0.1) is 0 Å². The van der Waals surface area contributed by atoms with Crippen LogP contribution in [0.15, 0.2) is 79.0 Å². The molecular weight excluding hydrogens is 460 g/mol. The van der Waals surface area contributed by atoms with Crippen LogP contribution in [0.2, 0.25) is 0 Å². The number of fused-ring (bicyclic) bond motifs is 2. The Morgan fingerprint density at radius 3 is 2.31 bits per heavy atom. The van der Waals surface area contributed by atoms with Gasteiger partial charge in [0.1, 0.15) is 0 Å². The third kappa shape index (κ3) is 4.29. The standard InChI is InChI=1S/C27H20N4O5/c1-16(36-27(35)22-15-31(30-29-22)14-17-8-3-2-4-9-17)26(34)28-21-13-7-12-20-23(21)25(33)19-11-6-5-10-18(19)24(20)32/h2-13,15-16H,14H2,1H3,(H,28,34). The van der Waals surface area contributed by atoms with Gasteiger partial charge in [-0.05, 0) is 18.6 Å². The number of carbonyl (C=O) groups excluding carboxylic acids is 4. The van der Waals surface area contributed by atoms with E-state index >= 15 is 0 Å². The van der Waals surface area contributed by atoms with Gasteiger partial charge in [-0.3, -0.25) is 14.4 Å². The lowest BCUT2D eigenvalue weighted by atomic mass is 9.83. The highest BCUT2D eigenvalue weighted by atomic mass is 16.5. The van der Waals surface area contributed by atoms with Gasteiger partial charge in [0.15, 0.2) is 23.4 Å². The topological polar surface area (TPSA) is 120 Å². The highest BCUT2D eigenvalue weighted by Crippen LogP contribution is 2.32. The van der Waals surface area contributed by atoms with Crippen molar-refractivity contribution in [1.29, 1.82) is 0 Å². The van der Waals surface area contributed by atoms with E-state index in [2.05, 4.69) is 15.6 Å². The molecule has 0 radical (unpaired) electrons. The molecule has 0 bridgehead atoms. The third-order valence-corrected chi connectivity index (χ3v) is 5.80. The Morgan fingerprint density at radius 1 is 0.889 bits per heavy atom. The average Bonchev–Trinajstić information content (AvgIpc) is 3.36. The van der Waals surface area contributed by atoms with Crippen molar-refractivity contribution in [1.82, 2.24) is 15.0 Å². The van der Waals surface area contributed by atoms with Crippen molar-refractivity contribution in [3.8, 4) is 0 Å². The second-order valence-corrected chi connectivity index (χ2v) is 8.26. The van der Waals surface area contributed by atoms with Gasteiger partial charge in [-0.15, -0.1) is 5.10 Å². The summed E-state index contributed by atoms with van der Waals surface area (Å²) in [6.45, 7) is 1.82. The molecule has 3 aromatic carbocycles. The van der Waals surface area contributed by atoms with Crippen LogP contribution in [0.1, 0.15) is 54.8 Å². The van der Waals surface area contributed by atoms with Crippen molar-refractivity contribution in [2.45, 2.75) is 19.6 Å². The number of esters is 1. The molecule has 0 aliphatic heterocycles. The Balaban J connectivity index is 1.28. The number of nitrogens with one attached hydrogen (secondary N) is 1. The predicted molar refractivity (Wildman–Crippen MR) is 129 cm³/mol. The first kappa shape index (κ1) is 22.9. The first-order valence-electron chi connectivity index (χ1n) is 11.2. The number of hydrogen-bond donors (Lipinski definition) is 1. The zero-order chi connectivity index (χ0) is 25.2. The summed E-state index contributed by atoms with van der Waals surface area (Å²) in [5.41, 5.74) is 2.02. The fourth-order valence-electron chi connectivity index (χ4n) is 4.00. The Labute approximate surface area is 205 Å². The molecule has 1 amide bonds. The molecule has 1 aromatic heterocycles. The molecule has 0 saturated carbocycles. The molecule has 1 atom stereocenters. The normalized spacial score (nSPS) is 12.9. The van der Waals surface area contributed by atoms with E-state index in [0.717, 1.165) is 5.56 Å². The first-order chi connectivity index (χ1) is 17.4. The van der Waals surface area contributed by atoms with Crippen LogP contribution in [-0.4, -0.2) is 44.5 Å². The maximum absolute atomic E-state index is 13.1. The highest BCUT2D eigenvalue weighted by molar-refractivity contribution is 6.30. The van der Waals surface area contributed by atoms with Crippen molar-refractivity contribution in [2.75, 3.05) is 5.32 Å². The van der Waals surface area contributed by atoms with Gasteiger partial charge in [0.2, 0.25) is 0 Å². The highest BCUT2D eigenvalue weighted by Gasteiger charge is 2.32. The predicted octanol–water partition coefficient (Wildman–Crippen LogP) is 3.29. The van der Waals surface area contributed by atoms with E-state index < -0.39 is 18.0 Å². The summed E-state index contributed by atoms with van der Waals surface area (Å²) >= 11 is 0. The van der Waals surface area contributed by atoms with Gasteiger partial charge < -0.3 is 10.1 Å². The largest absolute Gasteiger partial charge is 0.448 e. The van der Waals surface area contributed by atoms with Gasteiger partial charge in [0.05, 0.1) is 24.0 Å². The number of carbonyl (C=O) groups is 4. The number of aromatic nitrogens is 3. The van der Waals surface area contributed by atoms with Crippen LogP contribution in [-0.2, 0) is 16.1 Å². The summed E-state index contributed by atoms with van der Waals surface area (Å²) in [4.78, 5) is 51.4. The van der Waals surface area contributed by atoms with Crippen LogP contribution < -0.4 is 5.32 Å². The van der Waals surface area contributed by atoms with E-state index in [4.69, 9.17) is 4.74 Å². The van der Waals surface area contributed by atoms with Crippen molar-refractivity contribution >= 4 is 29.1 Å². The molecule has 1 aliphatic carbocycles. The van der Waals surface area contributed by atoms with Crippen molar-refractivity contribution in [3.63, 3.8) is 0 Å². The van der Waals surface area contributed by atoms with Crippen LogP contribution >= 0.6 is 0 Å². The summed E-state index contributed by atoms with van der Waals surface area (Å²) in [6, 6.07) is 20.7. The van der Waals surface area contributed by atoms with Gasteiger partial charge in [-0.1, -0.05) is 71.9 Å². The SMILES string of the molecule is CC(OC(=O)c1cn(Cc2ccccc2)nn1)C(=O)Nc1cccc2c1C(=O)c1ccccc1C2=O. The Hall–Kier alpha value is -4.92. The number of ketones is 2. The molecule has 36 heavy (non-hydrogen) atoms. The maximum atomic E-state index is 13.1. The van der Waals surface area contributed by atoms with E-state index in [0.29, 0.717) is 12.1 Å². The molecule has 5 rings (SSSR count). The lowest BCUT2D eigenvalue weighted by Crippen LogP contribution is -2.31. The number of nitrogens with zero attached hydrogens (tertiary/aromatic N) is 3. The molecule has 1 unspecified atom stereocenters. The summed E-state index contributed by atoms with van der Waals surface area (Å²) < 4.78 is 6.76. The zero-order valence-electron chi connectivity index (χ0n) is 19.2. The van der Waals surface area contributed by atoms with Gasteiger partial charge in [0, 0.05) is 16.7 Å². The molecule has 1 aliphatic rings. The summed E-state index contributed by atoms with van der Waals surface area (Å²) in [6.07, 6.45) is 0.240. The first-order valence-corrected chi connectivity index (χ1v) is 11.2. The summed E-state index contributed by atoms with van der Waals surface area (Å²) in [5.74, 6) is -2.13. The molecule has 178 valence electrons. The number of rotatable bonds is 6. The smallest absolute Gasteiger partial charge is 0.361 e. The quantitative estimate of drug-likeness (QED) is 0.370. The second kappa shape index (κ2) is 9.38. The van der Waals surface area contributed by atoms with E-state index in [1.165, 1.54) is 23.9 Å². The molecule has 4 aromatic rings. The van der Waals surface area contributed by atoms with Crippen LogP contribution in [0.5, 0.6) is 0 Å². The summed E-state index contributed by atoms with van der Waals surface area (Å²) in [7, 11) is 0. The van der Waals surface area contributed by atoms with E-state index in [1.54, 1.807) is 36.4 Å². The number of anilines is 1. The molecule has 9 nitrogen and oxygen atoms in total. The molecule has 0 spiro atoms. The fourth-order valence-corrected chi connectivity index (χ4v) is 4.00. The van der Waals surface area contributed by atoms with Crippen molar-refractivity contribution in [3.05, 3.63) is 113 Å². The zero-order valence-corrected chi connectivity index (χ0v) is 19.2. The van der Waals surface area contributed by atoms with E-state index in [1.807, 2.05) is 30.3 Å². The van der Waals surface area contributed by atoms with E-state index in [-0.39, 0.29) is 39.6 Å². The second-order valence-electron chi connectivity index (χ2n) is 8.26. The lowest BCUT2D eigenvalue weighted by Gasteiger charge is -2.21. The average molecular weight is 480 g/mol. The van der Waals surface area contributed by atoms with Gasteiger partial charge in [-0.25, -0.2) is 9.48 Å². The fraction of sp³-hybridized carbons (Fsp3) is 0.111. The van der Waals surface area contributed by atoms with Crippen molar-refractivity contribution in [2.24, 2.45) is 0 Å². The van der Waals surface area contributed by atoms with Crippen molar-refractivity contribution < 1.29 is 23.9 Å². The number of benzene rings is 3. The Bertz CT molecular complexity index is 1510. The van der Waals surface area contributed by atoms with Crippen LogP contribution in [0.4, 0.5) is 5.69 Å². The molecule has 1 heterocycles. The van der Waals surface area contributed by atoms with Gasteiger partial charge in [-0.2, -0.15) is 0 Å². The number of hydrogen-bond acceptors (Lipinski definition) is 7. The molecule has 0 fully saturated rings. The summed E-state index contributed by atoms with van der Waals surface area (Å²) in [5, 5.41) is 10.4. The Kier molecular flexibility index (Phi) is 5.95. The van der Waals surface area contributed by atoms with Crippen LogP contribution in [0.3, 0.4) is 0 Å². The molecular formula is C27H20N4O5. The lowest BCUT2D eigenvalue weighted by molar-refractivity contribution is -0.123. The van der Waals surface area contributed by atoms with Gasteiger partial charge in [0.25, 0.3) is 5.91 Å². The molecule has 9 heteroatoms. The van der Waals surface area contributed by atoms with Gasteiger partial charge >= 0.3 is 5.97 Å².